The van der Waals surface area contributed by atoms with Crippen LogP contribution in [0.3, 0.4) is 0 Å². The van der Waals surface area contributed by atoms with Gasteiger partial charge in [0.1, 0.15) is 0 Å². The molecular formula is C24H32IN5O2. The quantitative estimate of drug-likeness (QED) is 0.226. The largest absolute Gasteiger partial charge is 0.493 e. The Balaban J connectivity index is 0.00000363. The van der Waals surface area contributed by atoms with Gasteiger partial charge in [-0.1, -0.05) is 25.1 Å². The van der Waals surface area contributed by atoms with Crippen molar-refractivity contribution in [1.82, 2.24) is 20.4 Å². The van der Waals surface area contributed by atoms with Crippen LogP contribution in [-0.4, -0.2) is 43.0 Å². The number of hydrogen-bond donors (Lipinski definition) is 2. The van der Waals surface area contributed by atoms with Crippen LogP contribution in [0.25, 0.3) is 5.69 Å². The Morgan fingerprint density at radius 1 is 1.06 bits per heavy atom. The summed E-state index contributed by atoms with van der Waals surface area (Å²) < 4.78 is 13.0. The number of methoxy groups -OCH3 is 1. The van der Waals surface area contributed by atoms with Crippen molar-refractivity contribution in [2.45, 2.75) is 26.3 Å². The summed E-state index contributed by atoms with van der Waals surface area (Å²) in [5.41, 5.74) is 3.41. The zero-order chi connectivity index (χ0) is 21.9. The Bertz CT molecular complexity index is 959. The van der Waals surface area contributed by atoms with Crippen LogP contribution >= 0.6 is 24.0 Å². The Morgan fingerprint density at radius 3 is 2.50 bits per heavy atom. The van der Waals surface area contributed by atoms with Gasteiger partial charge < -0.3 is 20.1 Å². The van der Waals surface area contributed by atoms with Gasteiger partial charge in [-0.3, -0.25) is 4.99 Å². The molecule has 0 aliphatic heterocycles. The average Bonchev–Trinajstić information content (AvgIpc) is 3.35. The molecular weight excluding hydrogens is 517 g/mol. The molecule has 0 saturated carbocycles. The van der Waals surface area contributed by atoms with Crippen molar-refractivity contribution in [3.05, 3.63) is 72.1 Å². The summed E-state index contributed by atoms with van der Waals surface area (Å²) in [6.45, 7) is 4.19. The highest BCUT2D eigenvalue weighted by atomic mass is 127. The van der Waals surface area contributed by atoms with E-state index in [2.05, 4.69) is 51.9 Å². The van der Waals surface area contributed by atoms with E-state index in [0.29, 0.717) is 13.2 Å². The summed E-state index contributed by atoms with van der Waals surface area (Å²) in [5.74, 6) is 2.28. The Morgan fingerprint density at radius 2 is 1.84 bits per heavy atom. The highest BCUT2D eigenvalue weighted by Crippen LogP contribution is 2.28. The molecule has 0 unspecified atom stereocenters. The number of ether oxygens (including phenoxy) is 2. The Labute approximate surface area is 207 Å². The molecule has 172 valence electrons. The zero-order valence-electron chi connectivity index (χ0n) is 18.9. The van der Waals surface area contributed by atoms with Crippen LogP contribution in [0.4, 0.5) is 0 Å². The normalized spacial score (nSPS) is 10.9. The SMILES string of the molecule is CCCOc1ccc(CNC(=NC)NCCc2ccc(-n3cccn3)cc2)cc1OC.I. The standard InChI is InChI=1S/C24H31N5O2.HI/c1-4-16-31-22-11-8-20(17-23(22)30-3)18-27-24(25-2)26-14-12-19-6-9-21(10-7-19)29-15-5-13-28-29;/h5-11,13,15,17H,4,12,14,16,18H2,1-3H3,(H2,25,26,27);1H. The molecule has 0 amide bonds. The summed E-state index contributed by atoms with van der Waals surface area (Å²) in [4.78, 5) is 4.31. The van der Waals surface area contributed by atoms with E-state index in [1.54, 1.807) is 20.4 Å². The van der Waals surface area contributed by atoms with Crippen molar-refractivity contribution in [2.75, 3.05) is 27.3 Å². The predicted octanol–water partition coefficient (Wildman–Crippen LogP) is 4.20. The van der Waals surface area contributed by atoms with E-state index in [4.69, 9.17) is 9.47 Å². The number of nitrogens with one attached hydrogen (secondary N) is 2. The fourth-order valence-electron chi connectivity index (χ4n) is 3.12. The van der Waals surface area contributed by atoms with E-state index in [1.165, 1.54) is 5.56 Å². The lowest BCUT2D eigenvalue weighted by Crippen LogP contribution is -2.37. The molecule has 2 N–H and O–H groups in total. The molecule has 32 heavy (non-hydrogen) atoms. The van der Waals surface area contributed by atoms with Gasteiger partial charge in [-0.2, -0.15) is 5.10 Å². The van der Waals surface area contributed by atoms with E-state index in [1.807, 2.05) is 35.1 Å². The van der Waals surface area contributed by atoms with Gasteiger partial charge in [-0.15, -0.1) is 24.0 Å². The Hall–Kier alpha value is -2.75. The second-order valence-corrected chi connectivity index (χ2v) is 7.05. The lowest BCUT2D eigenvalue weighted by Gasteiger charge is -2.14. The minimum Gasteiger partial charge on any atom is -0.493 e. The lowest BCUT2D eigenvalue weighted by atomic mass is 10.1. The predicted molar refractivity (Wildman–Crippen MR) is 140 cm³/mol. The van der Waals surface area contributed by atoms with Crippen LogP contribution in [0.1, 0.15) is 24.5 Å². The van der Waals surface area contributed by atoms with Crippen molar-refractivity contribution < 1.29 is 9.47 Å². The molecule has 1 aromatic heterocycles. The molecule has 0 fully saturated rings. The Kier molecular flexibility index (Phi) is 10.9. The molecule has 3 rings (SSSR count). The summed E-state index contributed by atoms with van der Waals surface area (Å²) in [6.07, 6.45) is 5.58. The molecule has 0 bridgehead atoms. The van der Waals surface area contributed by atoms with Gasteiger partial charge in [0, 0.05) is 32.5 Å². The van der Waals surface area contributed by atoms with Crippen molar-refractivity contribution >= 4 is 29.9 Å². The number of hydrogen-bond acceptors (Lipinski definition) is 4. The molecule has 1 heterocycles. The topological polar surface area (TPSA) is 72.7 Å². The van der Waals surface area contributed by atoms with Crippen LogP contribution in [0.15, 0.2) is 65.9 Å². The number of nitrogens with zero attached hydrogens (tertiary/aromatic N) is 3. The first-order valence-electron chi connectivity index (χ1n) is 10.6. The highest BCUT2D eigenvalue weighted by molar-refractivity contribution is 14.0. The van der Waals surface area contributed by atoms with Gasteiger partial charge >= 0.3 is 0 Å². The maximum absolute atomic E-state index is 5.72. The van der Waals surface area contributed by atoms with Gasteiger partial charge in [-0.25, -0.2) is 4.68 Å². The highest BCUT2D eigenvalue weighted by Gasteiger charge is 2.06. The van der Waals surface area contributed by atoms with E-state index >= 15 is 0 Å². The van der Waals surface area contributed by atoms with Crippen LogP contribution in [0.2, 0.25) is 0 Å². The lowest BCUT2D eigenvalue weighted by molar-refractivity contribution is 0.294. The number of benzene rings is 2. The maximum Gasteiger partial charge on any atom is 0.191 e. The maximum atomic E-state index is 5.72. The van der Waals surface area contributed by atoms with Gasteiger partial charge in [0.15, 0.2) is 17.5 Å². The van der Waals surface area contributed by atoms with Crippen LogP contribution in [0.5, 0.6) is 11.5 Å². The summed E-state index contributed by atoms with van der Waals surface area (Å²) in [6, 6.07) is 16.3. The molecule has 0 saturated heterocycles. The van der Waals surface area contributed by atoms with Crippen LogP contribution < -0.4 is 20.1 Å². The second kappa shape index (κ2) is 13.6. The summed E-state index contributed by atoms with van der Waals surface area (Å²) in [7, 11) is 3.43. The van der Waals surface area contributed by atoms with Gasteiger partial charge in [0.05, 0.1) is 19.4 Å². The monoisotopic (exact) mass is 549 g/mol. The molecule has 2 aromatic carbocycles. The minimum atomic E-state index is 0. The molecule has 3 aromatic rings. The second-order valence-electron chi connectivity index (χ2n) is 7.05. The van der Waals surface area contributed by atoms with Crippen molar-refractivity contribution in [3.63, 3.8) is 0 Å². The molecule has 0 atom stereocenters. The molecule has 7 nitrogen and oxygen atoms in total. The first-order valence-corrected chi connectivity index (χ1v) is 10.6. The molecule has 0 radical (unpaired) electrons. The number of halogens is 1. The number of rotatable bonds is 10. The molecule has 8 heteroatoms. The third kappa shape index (κ3) is 7.44. The zero-order valence-corrected chi connectivity index (χ0v) is 21.2. The average molecular weight is 549 g/mol. The summed E-state index contributed by atoms with van der Waals surface area (Å²) in [5, 5.41) is 11.0. The fourth-order valence-corrected chi connectivity index (χ4v) is 3.12. The summed E-state index contributed by atoms with van der Waals surface area (Å²) >= 11 is 0. The number of aliphatic imine (C=N–C) groups is 1. The molecule has 0 aliphatic rings. The first-order chi connectivity index (χ1) is 15.2. The third-order valence-corrected chi connectivity index (χ3v) is 4.78. The van der Waals surface area contributed by atoms with Crippen LogP contribution in [0, 0.1) is 0 Å². The van der Waals surface area contributed by atoms with Crippen LogP contribution in [-0.2, 0) is 13.0 Å². The third-order valence-electron chi connectivity index (χ3n) is 4.78. The van der Waals surface area contributed by atoms with E-state index in [0.717, 1.165) is 48.1 Å². The number of guanidine groups is 1. The molecule has 0 spiro atoms. The van der Waals surface area contributed by atoms with Gasteiger partial charge in [-0.05, 0) is 54.3 Å². The van der Waals surface area contributed by atoms with Crippen molar-refractivity contribution in [2.24, 2.45) is 4.99 Å². The minimum absolute atomic E-state index is 0. The first kappa shape index (κ1) is 25.5. The van der Waals surface area contributed by atoms with Crippen molar-refractivity contribution in [3.8, 4) is 17.2 Å². The van der Waals surface area contributed by atoms with E-state index in [-0.39, 0.29) is 24.0 Å². The smallest absolute Gasteiger partial charge is 0.191 e. The van der Waals surface area contributed by atoms with Crippen molar-refractivity contribution in [1.29, 1.82) is 0 Å². The fraction of sp³-hybridized carbons (Fsp3) is 0.333. The van der Waals surface area contributed by atoms with Gasteiger partial charge in [0.2, 0.25) is 0 Å². The number of aromatic nitrogens is 2. The van der Waals surface area contributed by atoms with E-state index < -0.39 is 0 Å². The van der Waals surface area contributed by atoms with E-state index in [9.17, 15) is 0 Å². The molecule has 0 aliphatic carbocycles. The van der Waals surface area contributed by atoms with Gasteiger partial charge in [0.25, 0.3) is 0 Å².